The van der Waals surface area contributed by atoms with Crippen LogP contribution in [0, 0.1) is 24.0 Å². The number of ether oxygens (including phenoxy) is 1. The van der Waals surface area contributed by atoms with Crippen LogP contribution in [0.15, 0.2) is 42.0 Å². The van der Waals surface area contributed by atoms with E-state index in [1.807, 2.05) is 0 Å². The first-order chi connectivity index (χ1) is 16.8. The van der Waals surface area contributed by atoms with Gasteiger partial charge in [0.1, 0.15) is 0 Å². The summed E-state index contributed by atoms with van der Waals surface area (Å²) in [5.74, 6) is 0. The molecule has 1 saturated heterocycles. The van der Waals surface area contributed by atoms with Crippen molar-refractivity contribution < 1.29 is 14.8 Å². The Morgan fingerprint density at radius 2 is 1.77 bits per heavy atom. The molecule has 2 aliphatic rings. The second-order valence-corrected chi connectivity index (χ2v) is 9.97. The zero-order valence-electron chi connectivity index (χ0n) is 20.5. The van der Waals surface area contributed by atoms with Gasteiger partial charge in [0.2, 0.25) is 0 Å². The molecule has 0 radical (unpaired) electrons. The van der Waals surface area contributed by atoms with Gasteiger partial charge < -0.3 is 14.7 Å². The van der Waals surface area contributed by atoms with Gasteiger partial charge in [-0.3, -0.25) is 15.0 Å². The molecule has 0 saturated carbocycles. The fourth-order valence-electron chi connectivity index (χ4n) is 4.86. The van der Waals surface area contributed by atoms with Gasteiger partial charge in [-0.25, -0.2) is 0 Å². The van der Waals surface area contributed by atoms with Gasteiger partial charge in [0, 0.05) is 55.6 Å². The Hall–Kier alpha value is -2.45. The molecule has 1 aliphatic carbocycles. The number of piperazine rings is 1. The van der Waals surface area contributed by atoms with Gasteiger partial charge in [0.15, 0.2) is 0 Å². The van der Waals surface area contributed by atoms with Crippen molar-refractivity contribution in [1.29, 1.82) is 0 Å². The lowest BCUT2D eigenvalue weighted by atomic mass is 9.98. The molecule has 0 spiro atoms. The van der Waals surface area contributed by atoms with Crippen LogP contribution in [-0.2, 0) is 11.2 Å². The van der Waals surface area contributed by atoms with Crippen LogP contribution in [0.25, 0.3) is 5.03 Å². The van der Waals surface area contributed by atoms with E-state index in [9.17, 15) is 15.2 Å². The number of non-ortho nitro benzene ring substituents is 1. The summed E-state index contributed by atoms with van der Waals surface area (Å²) in [4.78, 5) is 14.9. The summed E-state index contributed by atoms with van der Waals surface area (Å²) in [6.07, 6.45) is 2.41. The van der Waals surface area contributed by atoms with Gasteiger partial charge in [-0.05, 0) is 73.1 Å². The van der Waals surface area contributed by atoms with E-state index in [1.54, 1.807) is 24.3 Å². The number of fused-ring (bicyclic) bond motifs is 1. The first-order valence-corrected chi connectivity index (χ1v) is 12.6. The number of rotatable bonds is 8. The minimum atomic E-state index is -0.566. The Labute approximate surface area is 212 Å². The lowest BCUT2D eigenvalue weighted by molar-refractivity contribution is -0.384. The number of β-amino-alcohol motifs (C(OH)–C–C–N with tert-alkyl or cyclic N) is 1. The van der Waals surface area contributed by atoms with Crippen LogP contribution in [0.5, 0.6) is 0 Å². The summed E-state index contributed by atoms with van der Waals surface area (Å²) in [5.41, 5.74) is 7.17. The van der Waals surface area contributed by atoms with Crippen molar-refractivity contribution in [1.82, 2.24) is 4.90 Å². The number of aliphatic hydroxyl groups excluding tert-OH is 1. The predicted molar refractivity (Wildman–Crippen MR) is 140 cm³/mol. The molecule has 35 heavy (non-hydrogen) atoms. The van der Waals surface area contributed by atoms with Crippen molar-refractivity contribution in [2.24, 2.45) is 0 Å². The third kappa shape index (κ3) is 6.41. The molecule has 0 bridgehead atoms. The molecular weight excluding hydrogens is 466 g/mol. The Morgan fingerprint density at radius 1 is 1.09 bits per heavy atom. The van der Waals surface area contributed by atoms with E-state index in [1.165, 1.54) is 16.7 Å². The normalized spacial score (nSPS) is 17.8. The van der Waals surface area contributed by atoms with Gasteiger partial charge in [-0.1, -0.05) is 23.7 Å². The molecule has 8 heteroatoms. The van der Waals surface area contributed by atoms with E-state index in [0.29, 0.717) is 13.2 Å². The fraction of sp³-hybridized carbons (Fsp3) is 0.481. The number of anilines is 1. The van der Waals surface area contributed by atoms with Crippen LogP contribution in [-0.4, -0.2) is 67.0 Å². The van der Waals surface area contributed by atoms with Gasteiger partial charge >= 0.3 is 0 Å². The van der Waals surface area contributed by atoms with Crippen molar-refractivity contribution in [3.63, 3.8) is 0 Å². The topological polar surface area (TPSA) is 79.1 Å². The molecule has 1 unspecified atom stereocenters. The van der Waals surface area contributed by atoms with Crippen LogP contribution in [0.4, 0.5) is 11.4 Å². The molecule has 1 atom stereocenters. The summed E-state index contributed by atoms with van der Waals surface area (Å²) in [6.45, 7) is 8.79. The van der Waals surface area contributed by atoms with Gasteiger partial charge in [-0.2, -0.15) is 0 Å². The van der Waals surface area contributed by atoms with Crippen molar-refractivity contribution in [3.8, 4) is 0 Å². The molecule has 7 nitrogen and oxygen atoms in total. The fourth-order valence-corrected chi connectivity index (χ4v) is 5.18. The first-order valence-electron chi connectivity index (χ1n) is 12.3. The number of aliphatic hydroxyl groups is 1. The van der Waals surface area contributed by atoms with Gasteiger partial charge in [-0.15, -0.1) is 0 Å². The highest BCUT2D eigenvalue weighted by atomic mass is 35.5. The number of nitro benzene ring substituents is 1. The van der Waals surface area contributed by atoms with E-state index in [0.717, 1.165) is 67.3 Å². The van der Waals surface area contributed by atoms with Crippen molar-refractivity contribution >= 4 is 28.0 Å². The third-order valence-electron chi connectivity index (χ3n) is 7.04. The summed E-state index contributed by atoms with van der Waals surface area (Å²) in [7, 11) is 0. The average molecular weight is 500 g/mol. The first kappa shape index (κ1) is 25.6. The summed E-state index contributed by atoms with van der Waals surface area (Å²) in [6, 6.07) is 11.1. The second-order valence-electron chi connectivity index (χ2n) is 9.59. The van der Waals surface area contributed by atoms with Gasteiger partial charge in [0.05, 0.1) is 24.2 Å². The maximum absolute atomic E-state index is 10.8. The molecule has 1 fully saturated rings. The number of nitrogens with zero attached hydrogens (tertiary/aromatic N) is 3. The molecule has 0 aromatic heterocycles. The van der Waals surface area contributed by atoms with Crippen LogP contribution in [0.1, 0.15) is 35.1 Å². The molecule has 188 valence electrons. The maximum atomic E-state index is 10.8. The van der Waals surface area contributed by atoms with Crippen molar-refractivity contribution in [2.75, 3.05) is 50.8 Å². The number of nitro groups is 1. The number of hydrogen-bond donors (Lipinski definition) is 1. The lowest BCUT2D eigenvalue weighted by Gasteiger charge is -2.36. The van der Waals surface area contributed by atoms with Crippen LogP contribution in [0.2, 0.25) is 0 Å². The molecule has 0 amide bonds. The minimum Gasteiger partial charge on any atom is -0.389 e. The Balaban J connectivity index is 1.23. The highest BCUT2D eigenvalue weighted by Crippen LogP contribution is 2.34. The van der Waals surface area contributed by atoms with Crippen LogP contribution >= 0.6 is 11.6 Å². The number of aryl methyl sites for hydroxylation is 3. The summed E-state index contributed by atoms with van der Waals surface area (Å²) >= 11 is 6.79. The molecule has 4 rings (SSSR count). The van der Waals surface area contributed by atoms with Crippen LogP contribution < -0.4 is 4.90 Å². The Morgan fingerprint density at radius 3 is 2.46 bits per heavy atom. The Bertz CT molecular complexity index is 1080. The zero-order valence-corrected chi connectivity index (χ0v) is 21.3. The molecular formula is C27H34ClN3O4. The van der Waals surface area contributed by atoms with Crippen molar-refractivity contribution in [2.45, 2.75) is 39.2 Å². The average Bonchev–Trinajstić information content (AvgIpc) is 2.99. The highest BCUT2D eigenvalue weighted by Gasteiger charge is 2.21. The van der Waals surface area contributed by atoms with E-state index >= 15 is 0 Å². The van der Waals surface area contributed by atoms with Crippen molar-refractivity contribution in [3.05, 3.63) is 74.3 Å². The summed E-state index contributed by atoms with van der Waals surface area (Å²) < 4.78 is 5.91. The Kier molecular flexibility index (Phi) is 8.44. The molecule has 1 N–H and O–H groups in total. The maximum Gasteiger partial charge on any atom is 0.269 e. The summed E-state index contributed by atoms with van der Waals surface area (Å²) in [5, 5.41) is 22.2. The van der Waals surface area contributed by atoms with E-state index in [-0.39, 0.29) is 17.2 Å². The van der Waals surface area contributed by atoms with Crippen LogP contribution in [0.3, 0.4) is 0 Å². The van der Waals surface area contributed by atoms with Gasteiger partial charge in [0.25, 0.3) is 5.69 Å². The van der Waals surface area contributed by atoms with E-state index in [4.69, 9.17) is 16.3 Å². The quantitative estimate of drug-likeness (QED) is 0.419. The standard InChI is InChI=1S/C27H34ClN3O4/c1-19-14-21-4-3-5-22(27(28)26(21)15-20(19)2)17-35-18-25(32)16-29-10-12-30(13-11-29)23-6-8-24(9-7-23)31(33)34/h6-9,14-15,25,32H,3-5,10-13,16-18H2,1-2H3. The number of hydrogen-bond acceptors (Lipinski definition) is 6. The minimum absolute atomic E-state index is 0.103. The second kappa shape index (κ2) is 11.5. The van der Waals surface area contributed by atoms with E-state index in [2.05, 4.69) is 35.8 Å². The largest absolute Gasteiger partial charge is 0.389 e. The lowest BCUT2D eigenvalue weighted by Crippen LogP contribution is -2.49. The monoisotopic (exact) mass is 499 g/mol. The molecule has 1 aliphatic heterocycles. The van der Waals surface area contributed by atoms with E-state index < -0.39 is 6.10 Å². The zero-order chi connectivity index (χ0) is 24.9. The smallest absolute Gasteiger partial charge is 0.269 e. The SMILES string of the molecule is Cc1cc2c(cc1C)C(Cl)=C(COCC(O)CN1CCN(c3ccc([N+](=O)[O-])cc3)CC1)CCC2. The molecule has 2 aromatic rings. The molecule has 2 aromatic carbocycles. The highest BCUT2D eigenvalue weighted by molar-refractivity contribution is 6.49. The number of halogens is 1. The predicted octanol–water partition coefficient (Wildman–Crippen LogP) is 4.70. The number of benzene rings is 2. The third-order valence-corrected chi connectivity index (χ3v) is 7.52. The molecule has 1 heterocycles.